The minimum absolute atomic E-state index is 0.0572. The molecule has 18 heavy (non-hydrogen) atoms. The number of benzene rings is 1. The van der Waals surface area contributed by atoms with E-state index in [0.717, 1.165) is 12.0 Å². The van der Waals surface area contributed by atoms with Gasteiger partial charge in [0.05, 0.1) is 12.2 Å². The van der Waals surface area contributed by atoms with Crippen LogP contribution in [0.15, 0.2) is 18.2 Å². The van der Waals surface area contributed by atoms with Crippen molar-refractivity contribution in [1.29, 1.82) is 0 Å². The quantitative estimate of drug-likeness (QED) is 0.452. The molecular formula is C14H17ClO3. The molecule has 0 amide bonds. The summed E-state index contributed by atoms with van der Waals surface area (Å²) in [6.45, 7) is 4.03. The third kappa shape index (κ3) is 3.57. The number of hydrogen-bond donors (Lipinski definition) is 0. The number of ketones is 1. The Bertz CT molecular complexity index is 441. The van der Waals surface area contributed by atoms with Crippen molar-refractivity contribution in [2.45, 2.75) is 26.7 Å². The fourth-order valence-electron chi connectivity index (χ4n) is 1.69. The fourth-order valence-corrected chi connectivity index (χ4v) is 1.86. The van der Waals surface area contributed by atoms with E-state index in [2.05, 4.69) is 0 Å². The molecule has 1 rings (SSSR count). The highest BCUT2D eigenvalue weighted by atomic mass is 35.5. The van der Waals surface area contributed by atoms with Crippen LogP contribution < -0.4 is 0 Å². The van der Waals surface area contributed by atoms with Gasteiger partial charge in [-0.05, 0) is 25.0 Å². The van der Waals surface area contributed by atoms with Gasteiger partial charge in [-0.2, -0.15) is 0 Å². The summed E-state index contributed by atoms with van der Waals surface area (Å²) in [6, 6.07) is 5.13. The van der Waals surface area contributed by atoms with Crippen molar-refractivity contribution in [2.75, 3.05) is 12.5 Å². The van der Waals surface area contributed by atoms with Gasteiger partial charge < -0.3 is 4.74 Å². The van der Waals surface area contributed by atoms with Crippen molar-refractivity contribution >= 4 is 23.4 Å². The zero-order chi connectivity index (χ0) is 13.5. The van der Waals surface area contributed by atoms with Crippen LogP contribution in [-0.2, 0) is 11.2 Å². The number of halogens is 1. The summed E-state index contributed by atoms with van der Waals surface area (Å²) in [4.78, 5) is 23.5. The van der Waals surface area contributed by atoms with Crippen LogP contribution in [0.25, 0.3) is 0 Å². The largest absolute Gasteiger partial charge is 0.462 e. The second-order valence-electron chi connectivity index (χ2n) is 3.81. The zero-order valence-electron chi connectivity index (χ0n) is 10.7. The Kier molecular flexibility index (Phi) is 5.86. The van der Waals surface area contributed by atoms with E-state index < -0.39 is 0 Å². The molecule has 0 aromatic heterocycles. The Morgan fingerprint density at radius 1 is 1.28 bits per heavy atom. The molecule has 0 fully saturated rings. The smallest absolute Gasteiger partial charge is 0.338 e. The Morgan fingerprint density at radius 3 is 2.56 bits per heavy atom. The Hall–Kier alpha value is -1.35. The van der Waals surface area contributed by atoms with E-state index in [1.807, 2.05) is 6.92 Å². The van der Waals surface area contributed by atoms with Crippen LogP contribution in [0.4, 0.5) is 0 Å². The molecule has 0 aliphatic heterocycles. The van der Waals surface area contributed by atoms with Gasteiger partial charge in [-0.1, -0.05) is 19.1 Å². The highest BCUT2D eigenvalue weighted by molar-refractivity contribution is 6.19. The molecular weight excluding hydrogens is 252 g/mol. The Morgan fingerprint density at radius 2 is 2.00 bits per heavy atom. The first-order valence-electron chi connectivity index (χ1n) is 6.03. The summed E-state index contributed by atoms with van der Waals surface area (Å²) in [7, 11) is 0. The van der Waals surface area contributed by atoms with E-state index in [4.69, 9.17) is 16.3 Å². The van der Waals surface area contributed by atoms with E-state index in [1.54, 1.807) is 25.1 Å². The summed E-state index contributed by atoms with van der Waals surface area (Å²) in [6.07, 6.45) is 0.993. The van der Waals surface area contributed by atoms with Crippen molar-refractivity contribution in [1.82, 2.24) is 0 Å². The maximum Gasteiger partial charge on any atom is 0.338 e. The van der Waals surface area contributed by atoms with E-state index in [1.165, 1.54) is 0 Å². The molecule has 4 heteroatoms. The molecule has 0 N–H and O–H groups in total. The van der Waals surface area contributed by atoms with Crippen LogP contribution in [0.3, 0.4) is 0 Å². The maximum atomic E-state index is 11.8. The lowest BCUT2D eigenvalue weighted by Gasteiger charge is -2.09. The molecule has 0 aliphatic rings. The van der Waals surface area contributed by atoms with Crippen molar-refractivity contribution in [3.05, 3.63) is 34.9 Å². The molecule has 0 heterocycles. The van der Waals surface area contributed by atoms with Crippen LogP contribution in [-0.4, -0.2) is 24.2 Å². The third-order valence-electron chi connectivity index (χ3n) is 2.63. The van der Waals surface area contributed by atoms with E-state index in [0.29, 0.717) is 17.7 Å². The van der Waals surface area contributed by atoms with Gasteiger partial charge in [-0.25, -0.2) is 4.79 Å². The number of alkyl halides is 1. The van der Waals surface area contributed by atoms with Gasteiger partial charge in [-0.3, -0.25) is 4.79 Å². The lowest BCUT2D eigenvalue weighted by molar-refractivity contribution is 0.0525. The van der Waals surface area contributed by atoms with Crippen LogP contribution in [0.1, 0.15) is 46.5 Å². The topological polar surface area (TPSA) is 43.4 Å². The Balaban J connectivity index is 3.09. The summed E-state index contributed by atoms with van der Waals surface area (Å²) >= 11 is 5.54. The molecule has 98 valence electrons. The standard InChI is InChI=1S/C14H17ClO3/c1-3-10-5-6-11(13(16)7-8-15)9-12(10)14(17)18-4-2/h5-6,9H,3-4,7-8H2,1-2H3. The lowest BCUT2D eigenvalue weighted by Crippen LogP contribution is -2.10. The van der Waals surface area contributed by atoms with E-state index in [9.17, 15) is 9.59 Å². The average molecular weight is 269 g/mol. The first-order chi connectivity index (χ1) is 8.63. The van der Waals surface area contributed by atoms with Crippen molar-refractivity contribution in [3.8, 4) is 0 Å². The highest BCUT2D eigenvalue weighted by Gasteiger charge is 2.14. The molecule has 0 saturated carbocycles. The van der Waals surface area contributed by atoms with Gasteiger partial charge in [0.1, 0.15) is 0 Å². The second kappa shape index (κ2) is 7.17. The molecule has 0 atom stereocenters. The number of ether oxygens (including phenoxy) is 1. The van der Waals surface area contributed by atoms with Gasteiger partial charge in [-0.15, -0.1) is 11.6 Å². The normalized spacial score (nSPS) is 10.2. The van der Waals surface area contributed by atoms with Crippen LogP contribution >= 0.6 is 11.6 Å². The first-order valence-corrected chi connectivity index (χ1v) is 6.56. The maximum absolute atomic E-state index is 11.8. The average Bonchev–Trinajstić information content (AvgIpc) is 2.38. The number of carbonyl (C=O) groups excluding carboxylic acids is 2. The summed E-state index contributed by atoms with van der Waals surface area (Å²) < 4.78 is 4.99. The van der Waals surface area contributed by atoms with E-state index in [-0.39, 0.29) is 24.1 Å². The van der Waals surface area contributed by atoms with Gasteiger partial charge in [0, 0.05) is 17.9 Å². The van der Waals surface area contributed by atoms with Crippen LogP contribution in [0.2, 0.25) is 0 Å². The number of Topliss-reactive ketones (excluding diaryl/α,β-unsaturated/α-hetero) is 1. The van der Waals surface area contributed by atoms with Crippen molar-refractivity contribution in [3.63, 3.8) is 0 Å². The molecule has 3 nitrogen and oxygen atoms in total. The first kappa shape index (κ1) is 14.7. The highest BCUT2D eigenvalue weighted by Crippen LogP contribution is 2.16. The number of hydrogen-bond acceptors (Lipinski definition) is 3. The number of carbonyl (C=O) groups is 2. The van der Waals surface area contributed by atoms with Gasteiger partial charge >= 0.3 is 5.97 Å². The minimum atomic E-state index is -0.380. The van der Waals surface area contributed by atoms with E-state index >= 15 is 0 Å². The SMILES string of the molecule is CCOC(=O)c1cc(C(=O)CCCl)ccc1CC. The molecule has 1 aromatic carbocycles. The molecule has 0 aliphatic carbocycles. The van der Waals surface area contributed by atoms with Crippen molar-refractivity contribution in [2.24, 2.45) is 0 Å². The van der Waals surface area contributed by atoms with Crippen molar-refractivity contribution < 1.29 is 14.3 Å². The van der Waals surface area contributed by atoms with Crippen LogP contribution in [0, 0.1) is 0 Å². The van der Waals surface area contributed by atoms with Gasteiger partial charge in [0.2, 0.25) is 0 Å². The molecule has 0 bridgehead atoms. The minimum Gasteiger partial charge on any atom is -0.462 e. The Labute approximate surface area is 112 Å². The summed E-state index contributed by atoms with van der Waals surface area (Å²) in [5.74, 6) is -0.156. The molecule has 0 radical (unpaired) electrons. The molecule has 1 aromatic rings. The predicted molar refractivity (Wildman–Crippen MR) is 71.4 cm³/mol. The second-order valence-corrected chi connectivity index (χ2v) is 4.19. The number of rotatable bonds is 6. The third-order valence-corrected chi connectivity index (χ3v) is 2.82. The van der Waals surface area contributed by atoms with Gasteiger partial charge in [0.15, 0.2) is 5.78 Å². The molecule has 0 spiro atoms. The summed E-state index contributed by atoms with van der Waals surface area (Å²) in [5, 5.41) is 0. The predicted octanol–water partition coefficient (Wildman–Crippen LogP) is 3.24. The lowest BCUT2D eigenvalue weighted by atomic mass is 9.99. The van der Waals surface area contributed by atoms with Crippen LogP contribution in [0.5, 0.6) is 0 Å². The summed E-state index contributed by atoms with van der Waals surface area (Å²) in [5.41, 5.74) is 1.87. The number of aryl methyl sites for hydroxylation is 1. The zero-order valence-corrected chi connectivity index (χ0v) is 11.4. The monoisotopic (exact) mass is 268 g/mol. The fraction of sp³-hybridized carbons (Fsp3) is 0.429. The molecule has 0 saturated heterocycles. The number of esters is 1. The molecule has 0 unspecified atom stereocenters. The van der Waals surface area contributed by atoms with Gasteiger partial charge in [0.25, 0.3) is 0 Å².